The van der Waals surface area contributed by atoms with E-state index in [2.05, 4.69) is 18.7 Å². The lowest BCUT2D eigenvalue weighted by atomic mass is 9.35. The first-order valence-corrected chi connectivity index (χ1v) is 6.00. The van der Waals surface area contributed by atoms with Gasteiger partial charge in [0.15, 0.2) is 0 Å². The van der Waals surface area contributed by atoms with Crippen molar-refractivity contribution in [3.8, 4) is 0 Å². The van der Waals surface area contributed by atoms with Crippen LogP contribution in [-0.2, 0) is 4.74 Å². The second-order valence-electron chi connectivity index (χ2n) is 5.87. The molecule has 0 N–H and O–H groups in total. The zero-order chi connectivity index (χ0) is 9.81. The van der Waals surface area contributed by atoms with Crippen LogP contribution in [0.3, 0.4) is 0 Å². The van der Waals surface area contributed by atoms with Gasteiger partial charge in [-0.1, -0.05) is 13.8 Å². The highest BCUT2D eigenvalue weighted by atomic mass is 16.5. The van der Waals surface area contributed by atoms with Crippen LogP contribution in [0.15, 0.2) is 0 Å². The van der Waals surface area contributed by atoms with E-state index in [1.165, 1.54) is 32.4 Å². The molecule has 0 atom stereocenters. The first-order chi connectivity index (χ1) is 6.67. The largest absolute Gasteiger partial charge is 0.379 e. The van der Waals surface area contributed by atoms with Crippen molar-refractivity contribution in [1.82, 2.24) is 4.90 Å². The van der Waals surface area contributed by atoms with Crippen molar-refractivity contribution in [3.63, 3.8) is 0 Å². The first kappa shape index (κ1) is 9.17. The Morgan fingerprint density at radius 2 is 1.64 bits per heavy atom. The predicted molar refractivity (Wildman–Crippen MR) is 56.2 cm³/mol. The van der Waals surface area contributed by atoms with E-state index >= 15 is 0 Å². The topological polar surface area (TPSA) is 12.5 Å². The third-order valence-corrected chi connectivity index (χ3v) is 4.95. The molecule has 0 spiro atoms. The maximum absolute atomic E-state index is 5.41. The SMILES string of the molecule is CC(C)C12CC(N3CCOCC3)(C1)C2. The quantitative estimate of drug-likeness (QED) is 0.667. The molecule has 3 aliphatic carbocycles. The Morgan fingerprint density at radius 1 is 1.07 bits per heavy atom. The summed E-state index contributed by atoms with van der Waals surface area (Å²) in [5.74, 6) is 0.894. The summed E-state index contributed by atoms with van der Waals surface area (Å²) in [6.07, 6.45) is 4.41. The van der Waals surface area contributed by atoms with Gasteiger partial charge in [0.05, 0.1) is 13.2 Å². The van der Waals surface area contributed by atoms with Gasteiger partial charge in [0.2, 0.25) is 0 Å². The third-order valence-electron chi connectivity index (χ3n) is 4.95. The summed E-state index contributed by atoms with van der Waals surface area (Å²) in [6, 6.07) is 0. The summed E-state index contributed by atoms with van der Waals surface area (Å²) in [5, 5.41) is 0. The average molecular weight is 195 g/mol. The van der Waals surface area contributed by atoms with E-state index in [0.29, 0.717) is 5.54 Å². The summed E-state index contributed by atoms with van der Waals surface area (Å²) in [7, 11) is 0. The Hall–Kier alpha value is -0.0800. The van der Waals surface area contributed by atoms with Crippen LogP contribution in [0.1, 0.15) is 33.1 Å². The Bertz CT molecular complexity index is 223. The monoisotopic (exact) mass is 195 g/mol. The zero-order valence-electron chi connectivity index (χ0n) is 9.38. The summed E-state index contributed by atoms with van der Waals surface area (Å²) in [5.41, 5.74) is 1.38. The minimum atomic E-state index is 0.633. The first-order valence-electron chi connectivity index (χ1n) is 6.00. The fourth-order valence-electron chi connectivity index (χ4n) is 3.80. The molecule has 0 amide bonds. The smallest absolute Gasteiger partial charge is 0.0594 e. The van der Waals surface area contributed by atoms with Gasteiger partial charge in [0.1, 0.15) is 0 Å². The average Bonchev–Trinajstić information content (AvgIpc) is 2.00. The van der Waals surface area contributed by atoms with Crippen molar-refractivity contribution < 1.29 is 4.74 Å². The Kier molecular flexibility index (Phi) is 1.79. The molecule has 14 heavy (non-hydrogen) atoms. The van der Waals surface area contributed by atoms with E-state index in [0.717, 1.165) is 24.5 Å². The lowest BCUT2D eigenvalue weighted by Gasteiger charge is -2.76. The molecule has 1 heterocycles. The van der Waals surface area contributed by atoms with Gasteiger partial charge in [-0.3, -0.25) is 4.90 Å². The van der Waals surface area contributed by atoms with Crippen LogP contribution in [0.2, 0.25) is 0 Å². The van der Waals surface area contributed by atoms with Crippen molar-refractivity contribution in [3.05, 3.63) is 0 Å². The lowest BCUT2D eigenvalue weighted by molar-refractivity contribution is -0.252. The zero-order valence-corrected chi connectivity index (χ0v) is 9.38. The molecule has 1 saturated heterocycles. The van der Waals surface area contributed by atoms with Crippen molar-refractivity contribution in [2.75, 3.05) is 26.3 Å². The van der Waals surface area contributed by atoms with Crippen LogP contribution < -0.4 is 0 Å². The second-order valence-corrected chi connectivity index (χ2v) is 5.87. The molecule has 0 aromatic carbocycles. The molecule has 3 saturated carbocycles. The fourth-order valence-corrected chi connectivity index (χ4v) is 3.80. The predicted octanol–water partition coefficient (Wildman–Crippen LogP) is 1.90. The van der Waals surface area contributed by atoms with E-state index in [1.807, 2.05) is 0 Å². The van der Waals surface area contributed by atoms with E-state index in [-0.39, 0.29) is 0 Å². The van der Waals surface area contributed by atoms with Crippen molar-refractivity contribution in [1.29, 1.82) is 0 Å². The number of ether oxygens (including phenoxy) is 1. The highest BCUT2D eigenvalue weighted by molar-refractivity contribution is 5.24. The molecule has 2 bridgehead atoms. The molecule has 2 nitrogen and oxygen atoms in total. The summed E-state index contributed by atoms with van der Waals surface area (Å²) < 4.78 is 5.41. The lowest BCUT2D eigenvalue weighted by Crippen LogP contribution is -2.77. The summed E-state index contributed by atoms with van der Waals surface area (Å²) in [4.78, 5) is 2.70. The van der Waals surface area contributed by atoms with Gasteiger partial charge < -0.3 is 4.74 Å². The van der Waals surface area contributed by atoms with Crippen molar-refractivity contribution in [2.24, 2.45) is 11.3 Å². The number of hydrogen-bond donors (Lipinski definition) is 0. The maximum atomic E-state index is 5.41. The molecule has 4 aliphatic rings. The standard InChI is InChI=1S/C12H21NO/c1-10(2)11-7-12(8-11,9-11)13-3-5-14-6-4-13/h10H,3-9H2,1-2H3. The Labute approximate surface area is 86.6 Å². The molecule has 1 aliphatic heterocycles. The number of morpholine rings is 1. The fraction of sp³-hybridized carbons (Fsp3) is 1.00. The molecule has 0 radical (unpaired) electrons. The van der Waals surface area contributed by atoms with Crippen LogP contribution in [0.25, 0.3) is 0 Å². The van der Waals surface area contributed by atoms with E-state index < -0.39 is 0 Å². The van der Waals surface area contributed by atoms with Crippen LogP contribution in [0, 0.1) is 11.3 Å². The molecular formula is C12H21NO. The van der Waals surface area contributed by atoms with Crippen LogP contribution in [0.4, 0.5) is 0 Å². The molecule has 4 fully saturated rings. The molecule has 80 valence electrons. The second kappa shape index (κ2) is 2.73. The number of nitrogens with zero attached hydrogens (tertiary/aromatic N) is 1. The minimum absolute atomic E-state index is 0.633. The van der Waals surface area contributed by atoms with Crippen molar-refractivity contribution in [2.45, 2.75) is 38.6 Å². The van der Waals surface area contributed by atoms with Gasteiger partial charge in [-0.25, -0.2) is 0 Å². The van der Waals surface area contributed by atoms with Gasteiger partial charge >= 0.3 is 0 Å². The molecule has 0 unspecified atom stereocenters. The summed E-state index contributed by atoms with van der Waals surface area (Å²) in [6.45, 7) is 9.04. The molecule has 0 aromatic rings. The van der Waals surface area contributed by atoms with Crippen LogP contribution in [0.5, 0.6) is 0 Å². The highest BCUT2D eigenvalue weighted by Crippen LogP contribution is 2.72. The highest BCUT2D eigenvalue weighted by Gasteiger charge is 2.70. The van der Waals surface area contributed by atoms with Gasteiger partial charge in [0, 0.05) is 18.6 Å². The summed E-state index contributed by atoms with van der Waals surface area (Å²) >= 11 is 0. The molecule has 2 heteroatoms. The van der Waals surface area contributed by atoms with Gasteiger partial charge in [-0.05, 0) is 30.6 Å². The van der Waals surface area contributed by atoms with E-state index in [1.54, 1.807) is 0 Å². The molecule has 4 rings (SSSR count). The Morgan fingerprint density at radius 3 is 2.14 bits per heavy atom. The van der Waals surface area contributed by atoms with Gasteiger partial charge in [-0.2, -0.15) is 0 Å². The minimum Gasteiger partial charge on any atom is -0.379 e. The third kappa shape index (κ3) is 0.989. The molecular weight excluding hydrogens is 174 g/mol. The normalized spacial score (nSPS) is 47.4. The van der Waals surface area contributed by atoms with Crippen LogP contribution >= 0.6 is 0 Å². The molecule has 0 aromatic heterocycles. The van der Waals surface area contributed by atoms with Crippen LogP contribution in [-0.4, -0.2) is 36.7 Å². The van der Waals surface area contributed by atoms with Gasteiger partial charge in [0.25, 0.3) is 0 Å². The van der Waals surface area contributed by atoms with E-state index in [9.17, 15) is 0 Å². The maximum Gasteiger partial charge on any atom is 0.0594 e. The Balaban J connectivity index is 1.63. The number of rotatable bonds is 2. The van der Waals surface area contributed by atoms with Crippen molar-refractivity contribution >= 4 is 0 Å². The number of hydrogen-bond acceptors (Lipinski definition) is 2. The van der Waals surface area contributed by atoms with E-state index in [4.69, 9.17) is 4.74 Å². The van der Waals surface area contributed by atoms with Gasteiger partial charge in [-0.15, -0.1) is 0 Å².